The first-order valence-electron chi connectivity index (χ1n) is 7.72. The molecule has 1 aromatic carbocycles. The number of anilines is 1. The summed E-state index contributed by atoms with van der Waals surface area (Å²) in [6.07, 6.45) is 5.51. The molecule has 1 aromatic rings. The van der Waals surface area contributed by atoms with Crippen LogP contribution in [-0.4, -0.2) is 43.2 Å². The topological polar surface area (TPSA) is 26.7 Å². The fourth-order valence-corrected chi connectivity index (χ4v) is 3.96. The van der Waals surface area contributed by atoms with Gasteiger partial charge >= 0.3 is 0 Å². The Balaban J connectivity index is 1.91. The summed E-state index contributed by atoms with van der Waals surface area (Å²) < 4.78 is 0. The maximum Gasteiger partial charge on any atom is 0.0927 e. The van der Waals surface area contributed by atoms with Crippen LogP contribution in [0.25, 0.3) is 0 Å². The average Bonchev–Trinajstić information content (AvgIpc) is 2.41. The zero-order chi connectivity index (χ0) is 14.3. The number of benzene rings is 1. The second-order valence-electron chi connectivity index (χ2n) is 6.79. The third-order valence-electron chi connectivity index (χ3n) is 5.27. The molecule has 0 amide bonds. The van der Waals surface area contributed by atoms with Crippen molar-refractivity contribution in [1.29, 1.82) is 0 Å². The van der Waals surface area contributed by atoms with Gasteiger partial charge in [0.25, 0.3) is 0 Å². The van der Waals surface area contributed by atoms with Crippen molar-refractivity contribution in [2.24, 2.45) is 0 Å². The Labute approximate surface area is 122 Å². The molecule has 3 rings (SSSR count). The lowest BCUT2D eigenvalue weighted by atomic mass is 9.73. The van der Waals surface area contributed by atoms with E-state index in [2.05, 4.69) is 41.1 Å². The zero-order valence-corrected chi connectivity index (χ0v) is 12.8. The van der Waals surface area contributed by atoms with Crippen LogP contribution in [0.1, 0.15) is 37.7 Å². The van der Waals surface area contributed by atoms with E-state index in [9.17, 15) is 5.11 Å². The average molecular weight is 274 g/mol. The van der Waals surface area contributed by atoms with Crippen LogP contribution < -0.4 is 4.90 Å². The Morgan fingerprint density at radius 3 is 2.45 bits per heavy atom. The lowest BCUT2D eigenvalue weighted by Crippen LogP contribution is -2.55. The van der Waals surface area contributed by atoms with Crippen LogP contribution in [0, 0.1) is 0 Å². The van der Waals surface area contributed by atoms with Crippen molar-refractivity contribution < 1.29 is 5.11 Å². The largest absolute Gasteiger partial charge is 0.385 e. The predicted molar refractivity (Wildman–Crippen MR) is 83.1 cm³/mol. The molecule has 0 aromatic heterocycles. The van der Waals surface area contributed by atoms with Crippen LogP contribution in [0.3, 0.4) is 0 Å². The number of hydrogen-bond acceptors (Lipinski definition) is 3. The molecular weight excluding hydrogens is 248 g/mol. The van der Waals surface area contributed by atoms with E-state index in [0.29, 0.717) is 12.1 Å². The molecule has 2 atom stereocenters. The van der Waals surface area contributed by atoms with Crippen LogP contribution in [0.4, 0.5) is 5.69 Å². The van der Waals surface area contributed by atoms with E-state index in [4.69, 9.17) is 0 Å². The fraction of sp³-hybridized carbons (Fsp3) is 0.647. The highest BCUT2D eigenvalue weighted by Gasteiger charge is 2.44. The van der Waals surface area contributed by atoms with Crippen molar-refractivity contribution in [3.05, 3.63) is 29.8 Å². The summed E-state index contributed by atoms with van der Waals surface area (Å²) in [6, 6.07) is 9.49. The van der Waals surface area contributed by atoms with Gasteiger partial charge in [-0.1, -0.05) is 18.6 Å². The minimum absolute atomic E-state index is 0.538. The highest BCUT2D eigenvalue weighted by Crippen LogP contribution is 2.43. The highest BCUT2D eigenvalue weighted by molar-refractivity contribution is 5.48. The van der Waals surface area contributed by atoms with E-state index in [1.807, 2.05) is 14.1 Å². The lowest BCUT2D eigenvalue weighted by Gasteiger charge is -2.51. The van der Waals surface area contributed by atoms with Gasteiger partial charge in [0.05, 0.1) is 5.60 Å². The molecule has 3 nitrogen and oxygen atoms in total. The van der Waals surface area contributed by atoms with Crippen LogP contribution in [-0.2, 0) is 5.60 Å². The van der Waals surface area contributed by atoms with Crippen molar-refractivity contribution in [1.82, 2.24) is 4.90 Å². The molecule has 0 radical (unpaired) electrons. The predicted octanol–water partition coefficient (Wildman–Crippen LogP) is 2.59. The summed E-state index contributed by atoms with van der Waals surface area (Å²) in [6.45, 7) is 0. The molecule has 20 heavy (non-hydrogen) atoms. The molecule has 110 valence electrons. The van der Waals surface area contributed by atoms with E-state index in [0.717, 1.165) is 18.4 Å². The standard InChI is InChI=1S/C17H26N2O/c1-18(2)14-7-4-6-13(10-14)17(20)11-15-8-5-9-16(12-17)19(15)3/h4,6-7,10,15-16,20H,5,8-9,11-12H2,1-3H3. The number of rotatable bonds is 2. The minimum atomic E-state index is -0.645. The Morgan fingerprint density at radius 1 is 1.20 bits per heavy atom. The summed E-state index contributed by atoms with van der Waals surface area (Å²) >= 11 is 0. The molecule has 0 spiro atoms. The van der Waals surface area contributed by atoms with Crippen LogP contribution in [0.2, 0.25) is 0 Å². The lowest BCUT2D eigenvalue weighted by molar-refractivity contribution is -0.0874. The van der Waals surface area contributed by atoms with Gasteiger partial charge in [0.15, 0.2) is 0 Å². The van der Waals surface area contributed by atoms with Gasteiger partial charge in [0, 0.05) is 31.9 Å². The van der Waals surface area contributed by atoms with Gasteiger partial charge in [-0.05, 0) is 50.4 Å². The zero-order valence-electron chi connectivity index (χ0n) is 12.8. The van der Waals surface area contributed by atoms with Gasteiger partial charge in [0.1, 0.15) is 0 Å². The summed E-state index contributed by atoms with van der Waals surface area (Å²) in [7, 11) is 6.32. The monoisotopic (exact) mass is 274 g/mol. The quantitative estimate of drug-likeness (QED) is 0.898. The van der Waals surface area contributed by atoms with E-state index in [1.54, 1.807) is 0 Å². The van der Waals surface area contributed by atoms with Crippen LogP contribution >= 0.6 is 0 Å². The summed E-state index contributed by atoms with van der Waals surface area (Å²) in [4.78, 5) is 4.59. The number of piperidine rings is 2. The molecule has 1 N–H and O–H groups in total. The van der Waals surface area contributed by atoms with E-state index >= 15 is 0 Å². The summed E-state index contributed by atoms with van der Waals surface area (Å²) in [5.41, 5.74) is 1.61. The van der Waals surface area contributed by atoms with Gasteiger partial charge < -0.3 is 14.9 Å². The smallest absolute Gasteiger partial charge is 0.0927 e. The fourth-order valence-electron chi connectivity index (χ4n) is 3.96. The molecule has 2 heterocycles. The normalized spacial score (nSPS) is 34.0. The van der Waals surface area contributed by atoms with Gasteiger partial charge in [-0.25, -0.2) is 0 Å². The maximum atomic E-state index is 11.2. The highest BCUT2D eigenvalue weighted by atomic mass is 16.3. The van der Waals surface area contributed by atoms with Crippen LogP contribution in [0.5, 0.6) is 0 Å². The molecule has 0 aliphatic carbocycles. The van der Waals surface area contributed by atoms with Crippen molar-refractivity contribution in [2.45, 2.75) is 49.8 Å². The third-order valence-corrected chi connectivity index (χ3v) is 5.27. The molecule has 2 unspecified atom stereocenters. The van der Waals surface area contributed by atoms with Crippen molar-refractivity contribution in [2.75, 3.05) is 26.0 Å². The first kappa shape index (κ1) is 13.9. The SMILES string of the molecule is CN(C)c1cccc(C2(O)CC3CCCC(C2)N3C)c1. The molecule has 2 fully saturated rings. The minimum Gasteiger partial charge on any atom is -0.385 e. The number of nitrogens with zero attached hydrogens (tertiary/aromatic N) is 2. The third kappa shape index (κ3) is 2.33. The second kappa shape index (κ2) is 5.05. The second-order valence-corrected chi connectivity index (χ2v) is 6.79. The number of hydrogen-bond donors (Lipinski definition) is 1. The Bertz CT molecular complexity index is 472. The van der Waals surface area contributed by atoms with E-state index < -0.39 is 5.60 Å². The van der Waals surface area contributed by atoms with Gasteiger partial charge in [-0.2, -0.15) is 0 Å². The van der Waals surface area contributed by atoms with Gasteiger partial charge in [-0.15, -0.1) is 0 Å². The Kier molecular flexibility index (Phi) is 3.51. The molecule has 3 heteroatoms. The maximum absolute atomic E-state index is 11.2. The Morgan fingerprint density at radius 2 is 1.85 bits per heavy atom. The first-order chi connectivity index (χ1) is 9.49. The summed E-state index contributed by atoms with van der Waals surface area (Å²) in [5.74, 6) is 0. The molecule has 2 bridgehead atoms. The van der Waals surface area contributed by atoms with E-state index in [1.165, 1.54) is 24.9 Å². The molecule has 2 aliphatic heterocycles. The molecule has 2 aliphatic rings. The first-order valence-corrected chi connectivity index (χ1v) is 7.72. The van der Waals surface area contributed by atoms with Gasteiger partial charge in [-0.3, -0.25) is 0 Å². The molecular formula is C17H26N2O. The summed E-state index contributed by atoms with van der Waals surface area (Å²) in [5, 5.41) is 11.2. The Hall–Kier alpha value is -1.06. The van der Waals surface area contributed by atoms with Crippen molar-refractivity contribution >= 4 is 5.69 Å². The van der Waals surface area contributed by atoms with Crippen LogP contribution in [0.15, 0.2) is 24.3 Å². The van der Waals surface area contributed by atoms with Crippen molar-refractivity contribution in [3.8, 4) is 0 Å². The molecule has 0 saturated carbocycles. The number of aliphatic hydroxyl groups is 1. The molecule has 2 saturated heterocycles. The van der Waals surface area contributed by atoms with Gasteiger partial charge in [0.2, 0.25) is 0 Å². The van der Waals surface area contributed by atoms with E-state index in [-0.39, 0.29) is 0 Å². The number of fused-ring (bicyclic) bond motifs is 2. The van der Waals surface area contributed by atoms with Crippen molar-refractivity contribution in [3.63, 3.8) is 0 Å².